The lowest BCUT2D eigenvalue weighted by atomic mass is 10.0. The summed E-state index contributed by atoms with van der Waals surface area (Å²) in [5.74, 6) is 0.558. The van der Waals surface area contributed by atoms with Crippen molar-refractivity contribution in [3.8, 4) is 0 Å². The number of carbonyl (C=O) groups is 1. The van der Waals surface area contributed by atoms with Gasteiger partial charge in [0, 0.05) is 18.0 Å². The van der Waals surface area contributed by atoms with Crippen molar-refractivity contribution in [3.63, 3.8) is 0 Å². The van der Waals surface area contributed by atoms with E-state index in [1.807, 2.05) is 43.5 Å². The van der Waals surface area contributed by atoms with Crippen molar-refractivity contribution in [2.45, 2.75) is 19.4 Å². The van der Waals surface area contributed by atoms with Gasteiger partial charge in [-0.05, 0) is 36.2 Å². The summed E-state index contributed by atoms with van der Waals surface area (Å²) in [6.07, 6.45) is 2.95. The third kappa shape index (κ3) is 2.78. The number of benzene rings is 1. The number of hydrogen-bond donors (Lipinski definition) is 3. The molecule has 1 atom stereocenters. The Morgan fingerprint density at radius 3 is 3.08 bits per heavy atom. The van der Waals surface area contributed by atoms with Crippen LogP contribution in [0.15, 0.2) is 42.7 Å². The summed E-state index contributed by atoms with van der Waals surface area (Å²) < 4.78 is 1.80. The standard InChI is InChI=1S/C17H16N6O2/c1-10-6-11(7-12-9-18-21-15(10)12)8-13(19-17(24)25)16-22-20-14-4-2-3-5-23(14)16/h2-7,9,13,19H,8H2,1H3,(H,18,21)(H,24,25). The van der Waals surface area contributed by atoms with E-state index in [-0.39, 0.29) is 0 Å². The molecule has 1 unspecified atom stereocenters. The van der Waals surface area contributed by atoms with Crippen LogP contribution in [0.1, 0.15) is 23.0 Å². The predicted octanol–water partition coefficient (Wildman–Crippen LogP) is 2.47. The summed E-state index contributed by atoms with van der Waals surface area (Å²) in [7, 11) is 0. The van der Waals surface area contributed by atoms with Crippen LogP contribution in [0.4, 0.5) is 4.79 Å². The summed E-state index contributed by atoms with van der Waals surface area (Å²) >= 11 is 0. The molecule has 0 spiro atoms. The maximum Gasteiger partial charge on any atom is 0.405 e. The van der Waals surface area contributed by atoms with Crippen molar-refractivity contribution >= 4 is 22.6 Å². The molecule has 1 amide bonds. The number of carboxylic acid groups (broad SMARTS) is 1. The summed E-state index contributed by atoms with van der Waals surface area (Å²) in [5.41, 5.74) is 3.72. The molecule has 25 heavy (non-hydrogen) atoms. The summed E-state index contributed by atoms with van der Waals surface area (Å²) in [6, 6.07) is 9.07. The Kier molecular flexibility index (Phi) is 3.57. The lowest BCUT2D eigenvalue weighted by Gasteiger charge is -2.16. The second-order valence-electron chi connectivity index (χ2n) is 5.94. The van der Waals surface area contributed by atoms with Crippen LogP contribution in [-0.2, 0) is 6.42 Å². The van der Waals surface area contributed by atoms with E-state index >= 15 is 0 Å². The molecule has 0 bridgehead atoms. The zero-order chi connectivity index (χ0) is 17.4. The zero-order valence-corrected chi connectivity index (χ0v) is 13.5. The van der Waals surface area contributed by atoms with Gasteiger partial charge in [-0.15, -0.1) is 10.2 Å². The molecule has 0 aliphatic rings. The molecule has 126 valence electrons. The number of nitrogens with zero attached hydrogens (tertiary/aromatic N) is 4. The number of hydrogen-bond acceptors (Lipinski definition) is 4. The number of H-pyrrole nitrogens is 1. The average molecular weight is 336 g/mol. The first-order valence-corrected chi connectivity index (χ1v) is 7.83. The molecule has 8 nitrogen and oxygen atoms in total. The zero-order valence-electron chi connectivity index (χ0n) is 13.5. The van der Waals surface area contributed by atoms with Crippen molar-refractivity contribution in [2.24, 2.45) is 0 Å². The van der Waals surface area contributed by atoms with Gasteiger partial charge in [-0.2, -0.15) is 5.10 Å². The average Bonchev–Trinajstić information content (AvgIpc) is 3.20. The molecule has 4 rings (SSSR count). The van der Waals surface area contributed by atoms with Gasteiger partial charge >= 0.3 is 6.09 Å². The van der Waals surface area contributed by atoms with E-state index in [1.54, 1.807) is 10.6 Å². The van der Waals surface area contributed by atoms with Crippen molar-refractivity contribution in [1.82, 2.24) is 30.1 Å². The van der Waals surface area contributed by atoms with E-state index in [0.717, 1.165) is 22.0 Å². The van der Waals surface area contributed by atoms with Gasteiger partial charge < -0.3 is 10.4 Å². The molecular formula is C17H16N6O2. The van der Waals surface area contributed by atoms with Gasteiger partial charge in [0.15, 0.2) is 11.5 Å². The van der Waals surface area contributed by atoms with E-state index in [4.69, 9.17) is 0 Å². The van der Waals surface area contributed by atoms with Crippen LogP contribution in [0.5, 0.6) is 0 Å². The minimum Gasteiger partial charge on any atom is -0.465 e. The Hall–Kier alpha value is -3.42. The second kappa shape index (κ2) is 5.90. The van der Waals surface area contributed by atoms with Crippen LogP contribution >= 0.6 is 0 Å². The highest BCUT2D eigenvalue weighted by atomic mass is 16.4. The maximum absolute atomic E-state index is 11.3. The van der Waals surface area contributed by atoms with E-state index in [1.165, 1.54) is 0 Å². The van der Waals surface area contributed by atoms with Gasteiger partial charge in [0.1, 0.15) is 0 Å². The van der Waals surface area contributed by atoms with Crippen molar-refractivity contribution in [3.05, 3.63) is 59.7 Å². The van der Waals surface area contributed by atoms with Gasteiger partial charge in [0.25, 0.3) is 0 Å². The monoisotopic (exact) mass is 336 g/mol. The molecule has 3 heterocycles. The first-order chi connectivity index (χ1) is 12.1. The third-order valence-corrected chi connectivity index (χ3v) is 4.20. The topological polar surface area (TPSA) is 108 Å². The van der Waals surface area contributed by atoms with Gasteiger partial charge in [-0.25, -0.2) is 4.79 Å². The van der Waals surface area contributed by atoms with Crippen LogP contribution in [0.3, 0.4) is 0 Å². The quantitative estimate of drug-likeness (QED) is 0.530. The van der Waals surface area contributed by atoms with Crippen LogP contribution in [0, 0.1) is 6.92 Å². The number of aromatic nitrogens is 5. The summed E-state index contributed by atoms with van der Waals surface area (Å²) in [4.78, 5) is 11.3. The Bertz CT molecular complexity index is 1070. The van der Waals surface area contributed by atoms with Crippen molar-refractivity contribution in [1.29, 1.82) is 0 Å². The normalized spacial score (nSPS) is 12.5. The van der Waals surface area contributed by atoms with E-state index in [9.17, 15) is 9.90 Å². The highest BCUT2D eigenvalue weighted by Gasteiger charge is 2.21. The van der Waals surface area contributed by atoms with Crippen molar-refractivity contribution in [2.75, 3.05) is 0 Å². The number of fused-ring (bicyclic) bond motifs is 2. The molecule has 0 saturated heterocycles. The number of aryl methyl sites for hydroxylation is 1. The fraction of sp³-hybridized carbons (Fsp3) is 0.176. The molecule has 0 aliphatic carbocycles. The SMILES string of the molecule is Cc1cc(CC(NC(=O)O)c2nnc3ccccn23)cc2cn[nH]c12. The molecule has 0 aliphatic heterocycles. The summed E-state index contributed by atoms with van der Waals surface area (Å²) in [6.45, 7) is 2.00. The largest absolute Gasteiger partial charge is 0.465 e. The molecule has 3 aromatic heterocycles. The van der Waals surface area contributed by atoms with Crippen LogP contribution in [0.25, 0.3) is 16.6 Å². The highest BCUT2D eigenvalue weighted by Crippen LogP contribution is 2.23. The van der Waals surface area contributed by atoms with Gasteiger partial charge in [-0.1, -0.05) is 12.1 Å². The molecule has 8 heteroatoms. The lowest BCUT2D eigenvalue weighted by molar-refractivity contribution is 0.189. The van der Waals surface area contributed by atoms with E-state index in [2.05, 4.69) is 25.7 Å². The number of rotatable bonds is 4. The minimum atomic E-state index is -1.10. The smallest absolute Gasteiger partial charge is 0.405 e. The van der Waals surface area contributed by atoms with Crippen LogP contribution < -0.4 is 5.32 Å². The van der Waals surface area contributed by atoms with Gasteiger partial charge in [0.2, 0.25) is 0 Å². The Labute approximate surface area is 142 Å². The highest BCUT2D eigenvalue weighted by molar-refractivity contribution is 5.81. The van der Waals surface area contributed by atoms with Gasteiger partial charge in [0.05, 0.1) is 17.8 Å². The van der Waals surface area contributed by atoms with E-state index in [0.29, 0.717) is 17.9 Å². The third-order valence-electron chi connectivity index (χ3n) is 4.20. The fourth-order valence-electron chi connectivity index (χ4n) is 3.12. The van der Waals surface area contributed by atoms with Crippen LogP contribution in [-0.4, -0.2) is 36.0 Å². The predicted molar refractivity (Wildman–Crippen MR) is 91.4 cm³/mol. The van der Waals surface area contributed by atoms with Crippen LogP contribution in [0.2, 0.25) is 0 Å². The molecule has 1 aromatic carbocycles. The Morgan fingerprint density at radius 2 is 2.24 bits per heavy atom. The molecular weight excluding hydrogens is 320 g/mol. The summed E-state index contributed by atoms with van der Waals surface area (Å²) in [5, 5.41) is 28.1. The molecule has 4 aromatic rings. The molecule has 3 N–H and O–H groups in total. The van der Waals surface area contributed by atoms with Gasteiger partial charge in [-0.3, -0.25) is 9.50 Å². The number of aromatic amines is 1. The molecule has 0 fully saturated rings. The fourth-order valence-corrected chi connectivity index (χ4v) is 3.12. The van der Waals surface area contributed by atoms with E-state index < -0.39 is 12.1 Å². The minimum absolute atomic E-state index is 0.462. The number of pyridine rings is 1. The Morgan fingerprint density at radius 1 is 1.36 bits per heavy atom. The second-order valence-corrected chi connectivity index (χ2v) is 5.94. The molecule has 0 saturated carbocycles. The first kappa shape index (κ1) is 15.1. The van der Waals surface area contributed by atoms with Crippen molar-refractivity contribution < 1.29 is 9.90 Å². The lowest BCUT2D eigenvalue weighted by Crippen LogP contribution is -2.30. The Balaban J connectivity index is 1.74. The number of nitrogens with one attached hydrogen (secondary N) is 2. The number of amides is 1. The maximum atomic E-state index is 11.3. The molecule has 0 radical (unpaired) electrons. The first-order valence-electron chi connectivity index (χ1n) is 7.83.